The number of rotatable bonds is 10. The third-order valence-electron chi connectivity index (χ3n) is 4.48. The quantitative estimate of drug-likeness (QED) is 0.401. The fraction of sp³-hybridized carbons (Fsp3) is 0.429. The maximum Gasteiger partial charge on any atom is 0.326 e. The van der Waals surface area contributed by atoms with Gasteiger partial charge in [-0.15, -0.1) is 0 Å². The van der Waals surface area contributed by atoms with Gasteiger partial charge in [0.25, 0.3) is 5.91 Å². The normalized spacial score (nSPS) is 16.0. The lowest BCUT2D eigenvalue weighted by molar-refractivity contribution is -0.142. The van der Waals surface area contributed by atoms with E-state index >= 15 is 0 Å². The van der Waals surface area contributed by atoms with Gasteiger partial charge in [0, 0.05) is 13.0 Å². The summed E-state index contributed by atoms with van der Waals surface area (Å²) in [6, 6.07) is 4.33. The van der Waals surface area contributed by atoms with Gasteiger partial charge in [0.15, 0.2) is 11.5 Å². The molecular formula is C21H26N2O6S2. The van der Waals surface area contributed by atoms with E-state index < -0.39 is 17.9 Å². The van der Waals surface area contributed by atoms with Gasteiger partial charge in [-0.2, -0.15) is 0 Å². The number of methoxy groups -OCH3 is 2. The van der Waals surface area contributed by atoms with Crippen LogP contribution in [0, 0.1) is 5.92 Å². The van der Waals surface area contributed by atoms with E-state index in [0.29, 0.717) is 27.1 Å². The summed E-state index contributed by atoms with van der Waals surface area (Å²) in [4.78, 5) is 38.1. The van der Waals surface area contributed by atoms with Crippen molar-refractivity contribution in [3.63, 3.8) is 0 Å². The molecule has 2 amide bonds. The minimum atomic E-state index is -1.08. The van der Waals surface area contributed by atoms with E-state index in [2.05, 4.69) is 5.32 Å². The first-order valence-corrected chi connectivity index (χ1v) is 10.9. The van der Waals surface area contributed by atoms with Crippen molar-refractivity contribution in [2.45, 2.75) is 32.7 Å². The molecule has 2 rings (SSSR count). The van der Waals surface area contributed by atoms with E-state index in [1.54, 1.807) is 31.4 Å². The van der Waals surface area contributed by atoms with Crippen LogP contribution in [0.15, 0.2) is 23.1 Å². The molecule has 0 aromatic heterocycles. The van der Waals surface area contributed by atoms with E-state index in [9.17, 15) is 19.5 Å². The topological polar surface area (TPSA) is 105 Å². The molecule has 2 N–H and O–H groups in total. The monoisotopic (exact) mass is 466 g/mol. The lowest BCUT2D eigenvalue weighted by Gasteiger charge is -2.18. The minimum absolute atomic E-state index is 0.0437. The van der Waals surface area contributed by atoms with Crippen LogP contribution in [-0.2, 0) is 14.4 Å². The zero-order chi connectivity index (χ0) is 23.1. The molecule has 8 nitrogen and oxygen atoms in total. The Balaban J connectivity index is 2.03. The summed E-state index contributed by atoms with van der Waals surface area (Å²) in [7, 11) is 3.07. The standard InChI is InChI=1S/C21H26N2O6S2/c1-12(2)9-14(20(26)27)22-18(24)7-8-23-19(25)17(31-21(23)30)11-13-5-6-15(28-3)16(10-13)29-4/h5-6,10-12,14H,7-9H2,1-4H3,(H,22,24)(H,26,27)/b17-11+/t14-/m0/s1. The lowest BCUT2D eigenvalue weighted by Crippen LogP contribution is -2.43. The van der Waals surface area contributed by atoms with Crippen LogP contribution in [0.1, 0.15) is 32.3 Å². The van der Waals surface area contributed by atoms with Crippen LogP contribution >= 0.6 is 24.0 Å². The number of carboxylic acids is 1. The number of carbonyl (C=O) groups is 3. The summed E-state index contributed by atoms with van der Waals surface area (Å²) in [6.07, 6.45) is 1.98. The Morgan fingerprint density at radius 2 is 1.94 bits per heavy atom. The minimum Gasteiger partial charge on any atom is -0.493 e. The van der Waals surface area contributed by atoms with Crippen LogP contribution in [0.4, 0.5) is 0 Å². The Bertz CT molecular complexity index is 900. The SMILES string of the molecule is COc1ccc(/C=C2/SC(=S)N(CCC(=O)N[C@@H](CC(C)C)C(=O)O)C2=O)cc1OC. The molecule has 10 heteroatoms. The molecule has 1 saturated heterocycles. The molecular weight excluding hydrogens is 440 g/mol. The second kappa shape index (κ2) is 11.1. The Morgan fingerprint density at radius 1 is 1.26 bits per heavy atom. The zero-order valence-corrected chi connectivity index (χ0v) is 19.5. The molecule has 0 bridgehead atoms. The highest BCUT2D eigenvalue weighted by molar-refractivity contribution is 8.26. The van der Waals surface area contributed by atoms with Crippen molar-refractivity contribution >= 4 is 52.2 Å². The summed E-state index contributed by atoms with van der Waals surface area (Å²) in [5.74, 6) is -0.575. The second-order valence-electron chi connectivity index (χ2n) is 7.29. The van der Waals surface area contributed by atoms with Crippen LogP contribution in [0.3, 0.4) is 0 Å². The van der Waals surface area contributed by atoms with E-state index in [1.165, 1.54) is 12.0 Å². The summed E-state index contributed by atoms with van der Waals surface area (Å²) in [5.41, 5.74) is 0.744. The van der Waals surface area contributed by atoms with Gasteiger partial charge in [-0.25, -0.2) is 4.79 Å². The molecule has 0 aliphatic carbocycles. The van der Waals surface area contributed by atoms with Gasteiger partial charge < -0.3 is 19.9 Å². The third kappa shape index (κ3) is 6.70. The van der Waals surface area contributed by atoms with Gasteiger partial charge in [0.1, 0.15) is 10.4 Å². The average Bonchev–Trinajstić information content (AvgIpc) is 2.97. The number of nitrogens with one attached hydrogen (secondary N) is 1. The number of hydrogen-bond acceptors (Lipinski definition) is 7. The summed E-state index contributed by atoms with van der Waals surface area (Å²) < 4.78 is 10.8. The van der Waals surface area contributed by atoms with Gasteiger partial charge in [0.2, 0.25) is 5.91 Å². The molecule has 1 heterocycles. The first-order chi connectivity index (χ1) is 14.7. The predicted octanol–water partition coefficient (Wildman–Crippen LogP) is 2.91. The lowest BCUT2D eigenvalue weighted by atomic mass is 10.0. The van der Waals surface area contributed by atoms with Gasteiger partial charge >= 0.3 is 5.97 Å². The number of aliphatic carboxylic acids is 1. The molecule has 31 heavy (non-hydrogen) atoms. The Kier molecular flexibility index (Phi) is 8.88. The molecule has 1 fully saturated rings. The van der Waals surface area contributed by atoms with Gasteiger partial charge in [-0.05, 0) is 36.1 Å². The predicted molar refractivity (Wildman–Crippen MR) is 123 cm³/mol. The largest absolute Gasteiger partial charge is 0.493 e. The van der Waals surface area contributed by atoms with Crippen molar-refractivity contribution in [3.8, 4) is 11.5 Å². The number of carbonyl (C=O) groups excluding carboxylic acids is 2. The van der Waals surface area contributed by atoms with Gasteiger partial charge in [-0.3, -0.25) is 14.5 Å². The Hall–Kier alpha value is -2.59. The number of carboxylic acid groups (broad SMARTS) is 1. The molecule has 0 radical (unpaired) electrons. The van der Waals surface area contributed by atoms with Gasteiger partial charge in [-0.1, -0.05) is 43.9 Å². The highest BCUT2D eigenvalue weighted by Crippen LogP contribution is 2.34. The third-order valence-corrected chi connectivity index (χ3v) is 5.86. The van der Waals surface area contributed by atoms with Crippen molar-refractivity contribution in [2.75, 3.05) is 20.8 Å². The number of benzene rings is 1. The maximum atomic E-state index is 12.8. The van der Waals surface area contributed by atoms with Crippen molar-refractivity contribution < 1.29 is 29.0 Å². The highest BCUT2D eigenvalue weighted by atomic mass is 32.2. The molecule has 1 atom stereocenters. The first-order valence-electron chi connectivity index (χ1n) is 9.65. The van der Waals surface area contributed by atoms with Crippen LogP contribution in [0.2, 0.25) is 0 Å². The van der Waals surface area contributed by atoms with Crippen molar-refractivity contribution in [2.24, 2.45) is 5.92 Å². The van der Waals surface area contributed by atoms with Crippen molar-refractivity contribution in [1.29, 1.82) is 0 Å². The molecule has 0 spiro atoms. The molecule has 0 saturated carbocycles. The summed E-state index contributed by atoms with van der Waals surface area (Å²) in [6.45, 7) is 3.84. The molecule has 0 unspecified atom stereocenters. The highest BCUT2D eigenvalue weighted by Gasteiger charge is 2.32. The molecule has 1 aliphatic heterocycles. The number of hydrogen-bond donors (Lipinski definition) is 2. The van der Waals surface area contributed by atoms with E-state index in [1.807, 2.05) is 13.8 Å². The fourth-order valence-electron chi connectivity index (χ4n) is 2.96. The molecule has 168 valence electrons. The van der Waals surface area contributed by atoms with Crippen LogP contribution in [0.25, 0.3) is 6.08 Å². The zero-order valence-electron chi connectivity index (χ0n) is 17.8. The fourth-order valence-corrected chi connectivity index (χ4v) is 4.27. The maximum absolute atomic E-state index is 12.8. The molecule has 1 aromatic carbocycles. The van der Waals surface area contributed by atoms with Crippen molar-refractivity contribution in [1.82, 2.24) is 10.2 Å². The van der Waals surface area contributed by atoms with Crippen LogP contribution < -0.4 is 14.8 Å². The molecule has 1 aliphatic rings. The van der Waals surface area contributed by atoms with E-state index in [-0.39, 0.29) is 24.8 Å². The smallest absolute Gasteiger partial charge is 0.326 e. The first kappa shape index (κ1) is 24.7. The average molecular weight is 467 g/mol. The number of thioether (sulfide) groups is 1. The number of ether oxygens (including phenoxy) is 2. The second-order valence-corrected chi connectivity index (χ2v) is 8.96. The summed E-state index contributed by atoms with van der Waals surface area (Å²) >= 11 is 6.44. The van der Waals surface area contributed by atoms with Crippen molar-refractivity contribution in [3.05, 3.63) is 28.7 Å². The Labute approximate surface area is 191 Å². The number of amides is 2. The van der Waals surface area contributed by atoms with Crippen LogP contribution in [0.5, 0.6) is 11.5 Å². The molecule has 1 aromatic rings. The summed E-state index contributed by atoms with van der Waals surface area (Å²) in [5, 5.41) is 11.8. The van der Waals surface area contributed by atoms with E-state index in [4.69, 9.17) is 21.7 Å². The van der Waals surface area contributed by atoms with Gasteiger partial charge in [0.05, 0.1) is 19.1 Å². The van der Waals surface area contributed by atoms with E-state index in [0.717, 1.165) is 17.3 Å². The Morgan fingerprint density at radius 3 is 2.52 bits per heavy atom. The number of nitrogens with zero attached hydrogens (tertiary/aromatic N) is 1. The van der Waals surface area contributed by atoms with Crippen LogP contribution in [-0.4, -0.2) is 58.9 Å². The number of thiocarbonyl (C=S) groups is 1.